The number of hydrogen-bond acceptors (Lipinski definition) is 4. The molecule has 4 nitrogen and oxygen atoms in total. The zero-order valence-corrected chi connectivity index (χ0v) is 14.2. The van der Waals surface area contributed by atoms with E-state index in [9.17, 15) is 9.59 Å². The Morgan fingerprint density at radius 1 is 1.22 bits per heavy atom. The minimum atomic E-state index is -0.389. The molecule has 2 amide bonds. The van der Waals surface area contributed by atoms with Crippen LogP contribution in [0.2, 0.25) is 0 Å². The first-order chi connectivity index (χ1) is 11.1. The fourth-order valence-electron chi connectivity index (χ4n) is 2.06. The first-order valence-electron chi connectivity index (χ1n) is 6.63. The molecule has 1 aliphatic rings. The average Bonchev–Trinajstić information content (AvgIpc) is 3.09. The molecular weight excluding hydrogens is 378 g/mol. The fourth-order valence-corrected chi connectivity index (χ4v) is 3.14. The number of thioether (sulfide) groups is 1. The summed E-state index contributed by atoms with van der Waals surface area (Å²) in [5.74, 6) is 3.11. The van der Waals surface area contributed by atoms with E-state index in [1.807, 2.05) is 30.3 Å². The van der Waals surface area contributed by atoms with E-state index in [4.69, 9.17) is 10.8 Å². The van der Waals surface area contributed by atoms with Crippen molar-refractivity contribution in [1.82, 2.24) is 4.90 Å². The van der Waals surface area contributed by atoms with Gasteiger partial charge < -0.3 is 4.42 Å². The van der Waals surface area contributed by atoms with Crippen LogP contribution in [0.25, 0.3) is 17.4 Å². The Bertz CT molecular complexity index is 845. The Kier molecular flexibility index (Phi) is 4.42. The quantitative estimate of drug-likeness (QED) is 0.579. The van der Waals surface area contributed by atoms with E-state index in [0.717, 1.165) is 26.7 Å². The van der Waals surface area contributed by atoms with Gasteiger partial charge in [0.1, 0.15) is 11.5 Å². The SMILES string of the molecule is C#CCN1C(=O)SC(=Cc2ccc(-c3ccc(Br)cc3)o2)C1=O. The minimum absolute atomic E-state index is 0.0235. The summed E-state index contributed by atoms with van der Waals surface area (Å²) in [6.07, 6.45) is 6.72. The zero-order chi connectivity index (χ0) is 16.4. The van der Waals surface area contributed by atoms with Crippen LogP contribution in [0.4, 0.5) is 4.79 Å². The lowest BCUT2D eigenvalue weighted by Crippen LogP contribution is -2.28. The molecule has 114 valence electrons. The number of amides is 2. The topological polar surface area (TPSA) is 50.5 Å². The van der Waals surface area contributed by atoms with Gasteiger partial charge in [-0.2, -0.15) is 0 Å². The predicted octanol–water partition coefficient (Wildman–Crippen LogP) is 4.38. The van der Waals surface area contributed by atoms with Crippen molar-refractivity contribution < 1.29 is 14.0 Å². The molecule has 6 heteroatoms. The van der Waals surface area contributed by atoms with Crippen LogP contribution in [0.3, 0.4) is 0 Å². The molecule has 0 aliphatic carbocycles. The zero-order valence-electron chi connectivity index (χ0n) is 11.8. The van der Waals surface area contributed by atoms with Gasteiger partial charge in [0.2, 0.25) is 0 Å². The Labute approximate surface area is 145 Å². The Morgan fingerprint density at radius 2 is 1.96 bits per heavy atom. The third-order valence-electron chi connectivity index (χ3n) is 3.15. The standard InChI is InChI=1S/C17H10BrNO3S/c1-2-9-19-16(20)15(23-17(19)21)10-13-7-8-14(22-13)11-3-5-12(18)6-4-11/h1,3-8,10H,9H2. The van der Waals surface area contributed by atoms with Gasteiger partial charge in [0.15, 0.2) is 0 Å². The maximum Gasteiger partial charge on any atom is 0.294 e. The highest BCUT2D eigenvalue weighted by Crippen LogP contribution is 2.33. The summed E-state index contributed by atoms with van der Waals surface area (Å²) in [6, 6.07) is 11.3. The van der Waals surface area contributed by atoms with Gasteiger partial charge in [-0.15, -0.1) is 6.42 Å². The van der Waals surface area contributed by atoms with Gasteiger partial charge in [-0.1, -0.05) is 34.0 Å². The highest BCUT2D eigenvalue weighted by Gasteiger charge is 2.34. The summed E-state index contributed by atoms with van der Waals surface area (Å²) in [5, 5.41) is -0.362. The fraction of sp³-hybridized carbons (Fsp3) is 0.0588. The van der Waals surface area contributed by atoms with Crippen molar-refractivity contribution in [3.05, 3.63) is 51.5 Å². The van der Waals surface area contributed by atoms with Crippen LogP contribution >= 0.6 is 27.7 Å². The normalized spacial score (nSPS) is 16.2. The van der Waals surface area contributed by atoms with Crippen LogP contribution in [0.15, 0.2) is 50.2 Å². The second-order valence-corrected chi connectivity index (χ2v) is 6.59. The molecule has 0 radical (unpaired) electrons. The van der Waals surface area contributed by atoms with Gasteiger partial charge in [0.25, 0.3) is 11.1 Å². The monoisotopic (exact) mass is 387 g/mol. The Balaban J connectivity index is 1.84. The molecule has 1 fully saturated rings. The number of terminal acetylenes is 1. The molecule has 0 atom stereocenters. The Morgan fingerprint density at radius 3 is 2.65 bits per heavy atom. The van der Waals surface area contributed by atoms with Crippen molar-refractivity contribution in [1.29, 1.82) is 0 Å². The molecule has 1 aromatic carbocycles. The third kappa shape index (κ3) is 3.26. The largest absolute Gasteiger partial charge is 0.457 e. The van der Waals surface area contributed by atoms with Gasteiger partial charge in [-0.05, 0) is 36.0 Å². The number of benzene rings is 1. The van der Waals surface area contributed by atoms with Gasteiger partial charge in [-0.25, -0.2) is 0 Å². The minimum Gasteiger partial charge on any atom is -0.457 e. The van der Waals surface area contributed by atoms with E-state index >= 15 is 0 Å². The molecule has 2 heterocycles. The number of hydrogen-bond donors (Lipinski definition) is 0. The number of carbonyl (C=O) groups excluding carboxylic acids is 2. The maximum atomic E-state index is 12.1. The summed E-state index contributed by atoms with van der Waals surface area (Å²) in [4.78, 5) is 25.2. The summed E-state index contributed by atoms with van der Waals surface area (Å²) < 4.78 is 6.70. The van der Waals surface area contributed by atoms with Gasteiger partial charge >= 0.3 is 0 Å². The van der Waals surface area contributed by atoms with Crippen molar-refractivity contribution in [3.63, 3.8) is 0 Å². The molecule has 0 saturated carbocycles. The second-order valence-electron chi connectivity index (χ2n) is 4.68. The summed E-state index contributed by atoms with van der Waals surface area (Å²) in [7, 11) is 0. The lowest BCUT2D eigenvalue weighted by Gasteiger charge is -2.06. The van der Waals surface area contributed by atoms with Crippen molar-refractivity contribution in [2.24, 2.45) is 0 Å². The number of carbonyl (C=O) groups is 2. The number of imide groups is 1. The van der Waals surface area contributed by atoms with E-state index in [-0.39, 0.29) is 17.7 Å². The number of halogens is 1. The number of nitrogens with zero attached hydrogens (tertiary/aromatic N) is 1. The molecule has 3 rings (SSSR count). The maximum absolute atomic E-state index is 12.1. The lowest BCUT2D eigenvalue weighted by atomic mass is 10.2. The van der Waals surface area contributed by atoms with E-state index in [1.165, 1.54) is 0 Å². The predicted molar refractivity (Wildman–Crippen MR) is 93.4 cm³/mol. The molecule has 1 aliphatic heterocycles. The summed E-state index contributed by atoms with van der Waals surface area (Å²) in [5.41, 5.74) is 0.924. The molecule has 0 spiro atoms. The third-order valence-corrected chi connectivity index (χ3v) is 4.59. The molecule has 1 aromatic heterocycles. The summed E-state index contributed by atoms with van der Waals surface area (Å²) in [6.45, 7) is -0.0235. The van der Waals surface area contributed by atoms with Crippen LogP contribution in [-0.4, -0.2) is 22.6 Å². The van der Waals surface area contributed by atoms with Crippen LogP contribution < -0.4 is 0 Å². The van der Waals surface area contributed by atoms with Gasteiger partial charge in [-0.3, -0.25) is 14.5 Å². The molecule has 2 aromatic rings. The molecule has 0 unspecified atom stereocenters. The first-order valence-corrected chi connectivity index (χ1v) is 8.24. The van der Waals surface area contributed by atoms with E-state index in [1.54, 1.807) is 12.1 Å². The molecule has 0 N–H and O–H groups in total. The molecule has 23 heavy (non-hydrogen) atoms. The molecule has 0 bridgehead atoms. The van der Waals surface area contributed by atoms with E-state index in [2.05, 4.69) is 21.9 Å². The van der Waals surface area contributed by atoms with E-state index < -0.39 is 0 Å². The van der Waals surface area contributed by atoms with Crippen LogP contribution in [0.5, 0.6) is 0 Å². The molecular formula is C17H10BrNO3S. The van der Waals surface area contributed by atoms with Crippen molar-refractivity contribution in [2.75, 3.05) is 6.54 Å². The highest BCUT2D eigenvalue weighted by molar-refractivity contribution is 9.10. The van der Waals surface area contributed by atoms with Gasteiger partial charge in [0, 0.05) is 16.1 Å². The van der Waals surface area contributed by atoms with Crippen molar-refractivity contribution >= 4 is 44.9 Å². The Hall–Kier alpha value is -2.23. The highest BCUT2D eigenvalue weighted by atomic mass is 79.9. The summed E-state index contributed by atoms with van der Waals surface area (Å²) >= 11 is 4.24. The average molecular weight is 388 g/mol. The smallest absolute Gasteiger partial charge is 0.294 e. The number of furan rings is 1. The van der Waals surface area contributed by atoms with Crippen LogP contribution in [0, 0.1) is 12.3 Å². The van der Waals surface area contributed by atoms with Crippen molar-refractivity contribution in [3.8, 4) is 23.7 Å². The first kappa shape index (κ1) is 15.7. The lowest BCUT2D eigenvalue weighted by molar-refractivity contribution is -0.122. The van der Waals surface area contributed by atoms with Crippen molar-refractivity contribution in [2.45, 2.75) is 0 Å². The van der Waals surface area contributed by atoms with Gasteiger partial charge in [0.05, 0.1) is 11.4 Å². The van der Waals surface area contributed by atoms with E-state index in [0.29, 0.717) is 16.4 Å². The number of rotatable bonds is 3. The van der Waals surface area contributed by atoms with Crippen LogP contribution in [-0.2, 0) is 4.79 Å². The second kappa shape index (κ2) is 6.49. The molecule has 1 saturated heterocycles. The van der Waals surface area contributed by atoms with Crippen LogP contribution in [0.1, 0.15) is 5.76 Å².